The van der Waals surface area contributed by atoms with Crippen LogP contribution in [0, 0.1) is 6.92 Å². The van der Waals surface area contributed by atoms with Crippen molar-refractivity contribution in [2.24, 2.45) is 0 Å². The Kier molecular flexibility index (Phi) is 3.84. The molecule has 0 saturated heterocycles. The van der Waals surface area contributed by atoms with Crippen LogP contribution < -0.4 is 16.4 Å². The lowest BCUT2D eigenvalue weighted by Gasteiger charge is -2.13. The molecule has 3 rings (SSSR count). The quantitative estimate of drug-likeness (QED) is 0.720. The molecule has 2 heterocycles. The Morgan fingerprint density at radius 3 is 2.74 bits per heavy atom. The number of hydrazine groups is 1. The Balaban J connectivity index is 1.90. The number of aryl methyl sites for hydroxylation is 1. The van der Waals surface area contributed by atoms with Crippen LogP contribution >= 0.6 is 0 Å². The SMILES string of the molecule is CCn1c(NNC(=O)c2ccc(C)o2)nc2ccccc2c1=O. The van der Waals surface area contributed by atoms with E-state index in [1.165, 1.54) is 4.57 Å². The summed E-state index contributed by atoms with van der Waals surface area (Å²) >= 11 is 0. The second-order valence-corrected chi connectivity index (χ2v) is 4.99. The highest BCUT2D eigenvalue weighted by Crippen LogP contribution is 2.11. The third-order valence-electron chi connectivity index (χ3n) is 3.43. The third kappa shape index (κ3) is 2.80. The molecule has 2 aromatic heterocycles. The second kappa shape index (κ2) is 5.96. The molecule has 23 heavy (non-hydrogen) atoms. The van der Waals surface area contributed by atoms with Crippen molar-refractivity contribution in [1.82, 2.24) is 15.0 Å². The van der Waals surface area contributed by atoms with Gasteiger partial charge in [0.25, 0.3) is 5.56 Å². The van der Waals surface area contributed by atoms with Crippen molar-refractivity contribution in [3.8, 4) is 0 Å². The number of amides is 1. The minimum atomic E-state index is -0.442. The topological polar surface area (TPSA) is 89.2 Å². The van der Waals surface area contributed by atoms with Gasteiger partial charge in [-0.1, -0.05) is 12.1 Å². The highest BCUT2D eigenvalue weighted by molar-refractivity contribution is 5.92. The predicted octanol–water partition coefficient (Wildman–Crippen LogP) is 2.07. The summed E-state index contributed by atoms with van der Waals surface area (Å²) in [5, 5.41) is 0.535. The first-order valence-electron chi connectivity index (χ1n) is 7.22. The number of fused-ring (bicyclic) bond motifs is 1. The van der Waals surface area contributed by atoms with Gasteiger partial charge in [-0.2, -0.15) is 0 Å². The van der Waals surface area contributed by atoms with Crippen molar-refractivity contribution < 1.29 is 9.21 Å². The number of nitrogens with one attached hydrogen (secondary N) is 2. The molecule has 1 amide bonds. The Hall–Kier alpha value is -3.09. The van der Waals surface area contributed by atoms with Crippen LogP contribution in [0.25, 0.3) is 10.9 Å². The standard InChI is InChI=1S/C16H16N4O3/c1-3-20-15(22)11-6-4-5-7-12(11)17-16(20)19-18-14(21)13-9-8-10(2)23-13/h4-9H,3H2,1-2H3,(H,17,19)(H,18,21). The number of furan rings is 1. The maximum absolute atomic E-state index is 12.5. The Labute approximate surface area is 131 Å². The third-order valence-corrected chi connectivity index (χ3v) is 3.43. The van der Waals surface area contributed by atoms with E-state index in [1.807, 2.05) is 6.92 Å². The summed E-state index contributed by atoms with van der Waals surface area (Å²) in [7, 11) is 0. The Morgan fingerprint density at radius 1 is 1.26 bits per heavy atom. The van der Waals surface area contributed by atoms with Gasteiger partial charge in [0.1, 0.15) is 5.76 Å². The molecule has 2 N–H and O–H groups in total. The van der Waals surface area contributed by atoms with Gasteiger partial charge in [0.15, 0.2) is 5.76 Å². The molecule has 0 bridgehead atoms. The first kappa shape index (κ1) is 14.8. The minimum Gasteiger partial charge on any atom is -0.456 e. The summed E-state index contributed by atoms with van der Waals surface area (Å²) in [4.78, 5) is 28.8. The molecule has 0 aliphatic carbocycles. The molecular weight excluding hydrogens is 296 g/mol. The van der Waals surface area contributed by atoms with Crippen molar-refractivity contribution in [1.29, 1.82) is 0 Å². The van der Waals surface area contributed by atoms with Crippen LogP contribution in [0.5, 0.6) is 0 Å². The van der Waals surface area contributed by atoms with Crippen LogP contribution in [0.15, 0.2) is 45.6 Å². The summed E-state index contributed by atoms with van der Waals surface area (Å²) < 4.78 is 6.70. The fourth-order valence-corrected chi connectivity index (χ4v) is 2.29. The van der Waals surface area contributed by atoms with Crippen LogP contribution in [0.4, 0.5) is 5.95 Å². The van der Waals surface area contributed by atoms with Gasteiger partial charge in [-0.05, 0) is 38.1 Å². The van der Waals surface area contributed by atoms with Crippen LogP contribution in [0.1, 0.15) is 23.2 Å². The van der Waals surface area contributed by atoms with Gasteiger partial charge >= 0.3 is 5.91 Å². The number of anilines is 1. The van der Waals surface area contributed by atoms with E-state index in [0.717, 1.165) is 0 Å². The lowest BCUT2D eigenvalue weighted by molar-refractivity contribution is 0.0933. The molecule has 7 heteroatoms. The van der Waals surface area contributed by atoms with E-state index in [1.54, 1.807) is 43.3 Å². The number of hydrogen-bond acceptors (Lipinski definition) is 5. The molecule has 0 unspecified atom stereocenters. The number of rotatable bonds is 4. The summed E-state index contributed by atoms with van der Waals surface area (Å²) in [5.41, 5.74) is 5.59. The van der Waals surface area contributed by atoms with Crippen LogP contribution in [-0.4, -0.2) is 15.5 Å². The fraction of sp³-hybridized carbons (Fsp3) is 0.188. The molecule has 0 aliphatic heterocycles. The Bertz CT molecular complexity index is 926. The van der Waals surface area contributed by atoms with E-state index >= 15 is 0 Å². The van der Waals surface area contributed by atoms with Crippen molar-refractivity contribution in [2.45, 2.75) is 20.4 Å². The first-order valence-corrected chi connectivity index (χ1v) is 7.22. The highest BCUT2D eigenvalue weighted by atomic mass is 16.3. The zero-order chi connectivity index (χ0) is 16.4. The van der Waals surface area contributed by atoms with E-state index in [9.17, 15) is 9.59 Å². The maximum Gasteiger partial charge on any atom is 0.305 e. The maximum atomic E-state index is 12.5. The van der Waals surface area contributed by atoms with E-state index in [4.69, 9.17) is 4.42 Å². The number of carbonyl (C=O) groups is 1. The average Bonchev–Trinajstić information content (AvgIpc) is 2.99. The summed E-state index contributed by atoms with van der Waals surface area (Å²) in [6.07, 6.45) is 0. The van der Waals surface area contributed by atoms with Gasteiger partial charge in [-0.15, -0.1) is 0 Å². The highest BCUT2D eigenvalue weighted by Gasteiger charge is 2.13. The first-order chi connectivity index (χ1) is 11.1. The lowest BCUT2D eigenvalue weighted by Crippen LogP contribution is -2.34. The van der Waals surface area contributed by atoms with Crippen molar-refractivity contribution in [3.63, 3.8) is 0 Å². The second-order valence-electron chi connectivity index (χ2n) is 4.99. The number of benzene rings is 1. The van der Waals surface area contributed by atoms with Gasteiger partial charge in [0.2, 0.25) is 5.95 Å². The van der Waals surface area contributed by atoms with E-state index in [2.05, 4.69) is 15.8 Å². The van der Waals surface area contributed by atoms with Crippen molar-refractivity contribution in [2.75, 3.05) is 5.43 Å². The van der Waals surface area contributed by atoms with Crippen molar-refractivity contribution in [3.05, 3.63) is 58.3 Å². The van der Waals surface area contributed by atoms with Crippen molar-refractivity contribution >= 4 is 22.8 Å². The van der Waals surface area contributed by atoms with Crippen LogP contribution in [-0.2, 0) is 6.54 Å². The number of nitrogens with zero attached hydrogens (tertiary/aromatic N) is 2. The molecule has 118 valence electrons. The summed E-state index contributed by atoms with van der Waals surface area (Å²) in [6, 6.07) is 10.3. The zero-order valence-corrected chi connectivity index (χ0v) is 12.8. The van der Waals surface area contributed by atoms with E-state index in [-0.39, 0.29) is 17.3 Å². The Morgan fingerprint density at radius 2 is 2.04 bits per heavy atom. The number of aromatic nitrogens is 2. The molecule has 0 aliphatic rings. The van der Waals surface area contributed by atoms with Gasteiger partial charge < -0.3 is 4.42 Å². The monoisotopic (exact) mass is 312 g/mol. The number of para-hydroxylation sites is 1. The van der Waals surface area contributed by atoms with Gasteiger partial charge in [0, 0.05) is 6.54 Å². The summed E-state index contributed by atoms with van der Waals surface area (Å²) in [6.45, 7) is 4.01. The lowest BCUT2D eigenvalue weighted by atomic mass is 10.2. The molecule has 0 fully saturated rings. The molecule has 1 aromatic carbocycles. The van der Waals surface area contributed by atoms with Gasteiger partial charge in [-0.25, -0.2) is 4.98 Å². The molecule has 0 spiro atoms. The van der Waals surface area contributed by atoms with Gasteiger partial charge in [-0.3, -0.25) is 25.0 Å². The van der Waals surface area contributed by atoms with Gasteiger partial charge in [0.05, 0.1) is 10.9 Å². The molecule has 0 atom stereocenters. The predicted molar refractivity (Wildman–Crippen MR) is 86.2 cm³/mol. The zero-order valence-electron chi connectivity index (χ0n) is 12.8. The summed E-state index contributed by atoms with van der Waals surface area (Å²) in [5.74, 6) is 0.654. The number of carbonyl (C=O) groups excluding carboxylic acids is 1. The smallest absolute Gasteiger partial charge is 0.305 e. The van der Waals surface area contributed by atoms with E-state index < -0.39 is 5.91 Å². The fourth-order valence-electron chi connectivity index (χ4n) is 2.29. The van der Waals surface area contributed by atoms with Crippen LogP contribution in [0.3, 0.4) is 0 Å². The molecular formula is C16H16N4O3. The largest absolute Gasteiger partial charge is 0.456 e. The average molecular weight is 312 g/mol. The molecule has 3 aromatic rings. The normalized spacial score (nSPS) is 10.7. The number of hydrogen-bond donors (Lipinski definition) is 2. The van der Waals surface area contributed by atoms with E-state index in [0.29, 0.717) is 23.2 Å². The molecule has 7 nitrogen and oxygen atoms in total. The molecule has 0 saturated carbocycles. The van der Waals surface area contributed by atoms with Crippen LogP contribution in [0.2, 0.25) is 0 Å². The minimum absolute atomic E-state index is 0.163. The molecule has 0 radical (unpaired) electrons.